The predicted molar refractivity (Wildman–Crippen MR) is 110 cm³/mol. The summed E-state index contributed by atoms with van der Waals surface area (Å²) >= 11 is 0. The molecule has 138 valence electrons. The van der Waals surface area contributed by atoms with Crippen LogP contribution in [0.3, 0.4) is 0 Å². The lowest BCUT2D eigenvalue weighted by molar-refractivity contribution is 0.420. The van der Waals surface area contributed by atoms with Crippen molar-refractivity contribution in [3.63, 3.8) is 0 Å². The molecule has 0 amide bonds. The number of benzene rings is 3. The summed E-state index contributed by atoms with van der Waals surface area (Å²) in [6, 6.07) is 21.8. The maximum atomic E-state index is 13.8. The van der Waals surface area contributed by atoms with Crippen molar-refractivity contribution in [1.29, 1.82) is 0 Å². The quantitative estimate of drug-likeness (QED) is 0.410. The fourth-order valence-corrected chi connectivity index (χ4v) is 3.89. The lowest BCUT2D eigenvalue weighted by Gasteiger charge is -2.25. The molecule has 0 spiro atoms. The van der Waals surface area contributed by atoms with Crippen LogP contribution in [0, 0.1) is 5.82 Å². The number of rotatable bonds is 3. The van der Waals surface area contributed by atoms with Crippen LogP contribution in [0.15, 0.2) is 82.0 Å². The average molecular weight is 370 g/mol. The first-order valence-electron chi connectivity index (χ1n) is 9.63. The van der Waals surface area contributed by atoms with Crippen LogP contribution in [-0.2, 0) is 0 Å². The van der Waals surface area contributed by atoms with Crippen LogP contribution < -0.4 is 5.43 Å². The Morgan fingerprint density at radius 2 is 1.61 bits per heavy atom. The molecule has 1 saturated carbocycles. The summed E-state index contributed by atoms with van der Waals surface area (Å²) in [4.78, 5) is 13.3. The largest absolute Gasteiger partial charge is 0.455 e. The summed E-state index contributed by atoms with van der Waals surface area (Å²) < 4.78 is 19.9. The van der Waals surface area contributed by atoms with Crippen LogP contribution in [-0.4, -0.2) is 0 Å². The van der Waals surface area contributed by atoms with Gasteiger partial charge < -0.3 is 4.42 Å². The van der Waals surface area contributed by atoms with E-state index < -0.39 is 5.82 Å². The van der Waals surface area contributed by atoms with Gasteiger partial charge in [-0.25, -0.2) is 4.39 Å². The Bertz CT molecular complexity index is 1200. The van der Waals surface area contributed by atoms with E-state index in [1.807, 2.05) is 42.5 Å². The molecule has 1 aliphatic carbocycles. The predicted octanol–water partition coefficient (Wildman–Crippen LogP) is 6.53. The zero-order valence-corrected chi connectivity index (χ0v) is 15.3. The molecule has 0 saturated heterocycles. The highest BCUT2D eigenvalue weighted by molar-refractivity contribution is 5.89. The van der Waals surface area contributed by atoms with Gasteiger partial charge >= 0.3 is 0 Å². The van der Waals surface area contributed by atoms with Crippen molar-refractivity contribution in [2.45, 2.75) is 25.2 Å². The molecule has 2 nitrogen and oxygen atoms in total. The molecule has 1 heterocycles. The fraction of sp³-hybridized carbons (Fsp3) is 0.160. The Labute approximate surface area is 162 Å². The van der Waals surface area contributed by atoms with Gasteiger partial charge in [0.2, 0.25) is 5.43 Å². The standard InChI is InChI=1S/C25H19FO2/c26-20-13-14-22-21(15-20)24(27)23(25(28-22)19-5-2-1-3-6-19)18-11-9-17(10-12-18)16-7-4-8-16/h1-3,5-6,9-16H,4,7-8H2. The second-order valence-electron chi connectivity index (χ2n) is 7.39. The average Bonchev–Trinajstić information content (AvgIpc) is 2.68. The van der Waals surface area contributed by atoms with Crippen LogP contribution in [0.1, 0.15) is 30.7 Å². The smallest absolute Gasteiger partial charge is 0.201 e. The van der Waals surface area contributed by atoms with E-state index in [4.69, 9.17) is 4.42 Å². The first-order valence-corrected chi connectivity index (χ1v) is 9.63. The van der Waals surface area contributed by atoms with E-state index >= 15 is 0 Å². The van der Waals surface area contributed by atoms with E-state index in [0.717, 1.165) is 11.1 Å². The lowest BCUT2D eigenvalue weighted by atomic mass is 9.80. The van der Waals surface area contributed by atoms with Gasteiger partial charge in [0, 0.05) is 5.56 Å². The van der Waals surface area contributed by atoms with E-state index in [1.165, 1.54) is 43.0 Å². The topological polar surface area (TPSA) is 30.2 Å². The van der Waals surface area contributed by atoms with E-state index in [-0.39, 0.29) is 10.8 Å². The molecule has 3 aromatic carbocycles. The maximum absolute atomic E-state index is 13.8. The normalized spacial score (nSPS) is 14.2. The minimum Gasteiger partial charge on any atom is -0.455 e. The molecular formula is C25H19FO2. The molecule has 0 aliphatic heterocycles. The van der Waals surface area contributed by atoms with Gasteiger partial charge in [-0.05, 0) is 48.1 Å². The fourth-order valence-electron chi connectivity index (χ4n) is 3.89. The first-order chi connectivity index (χ1) is 13.7. The Kier molecular flexibility index (Phi) is 4.09. The van der Waals surface area contributed by atoms with Gasteiger partial charge in [0.05, 0.1) is 10.9 Å². The third-order valence-electron chi connectivity index (χ3n) is 5.66. The molecule has 0 unspecified atom stereocenters. The molecule has 3 heteroatoms. The second-order valence-corrected chi connectivity index (χ2v) is 7.39. The summed E-state index contributed by atoms with van der Waals surface area (Å²) in [5, 5.41) is 0.262. The van der Waals surface area contributed by atoms with Gasteiger partial charge in [-0.1, -0.05) is 61.0 Å². The minimum atomic E-state index is -0.446. The first kappa shape index (κ1) is 16.9. The molecule has 5 rings (SSSR count). The van der Waals surface area contributed by atoms with E-state index in [1.54, 1.807) is 0 Å². The minimum absolute atomic E-state index is 0.212. The van der Waals surface area contributed by atoms with Crippen molar-refractivity contribution in [2.24, 2.45) is 0 Å². The van der Waals surface area contributed by atoms with Gasteiger partial charge in [0.25, 0.3) is 0 Å². The molecule has 0 bridgehead atoms. The molecule has 28 heavy (non-hydrogen) atoms. The highest BCUT2D eigenvalue weighted by Crippen LogP contribution is 2.38. The number of hydrogen-bond acceptors (Lipinski definition) is 2. The van der Waals surface area contributed by atoms with Crippen molar-refractivity contribution in [1.82, 2.24) is 0 Å². The Morgan fingerprint density at radius 1 is 0.857 bits per heavy atom. The lowest BCUT2D eigenvalue weighted by Crippen LogP contribution is -2.10. The molecule has 1 aliphatic rings. The van der Waals surface area contributed by atoms with Gasteiger partial charge in [0.15, 0.2) is 0 Å². The van der Waals surface area contributed by atoms with Crippen LogP contribution >= 0.6 is 0 Å². The Balaban J connectivity index is 1.75. The van der Waals surface area contributed by atoms with Gasteiger partial charge in [0.1, 0.15) is 17.2 Å². The third kappa shape index (κ3) is 2.84. The van der Waals surface area contributed by atoms with Crippen molar-refractivity contribution in [3.8, 4) is 22.5 Å². The summed E-state index contributed by atoms with van der Waals surface area (Å²) in [6.07, 6.45) is 3.74. The highest BCUT2D eigenvalue weighted by Gasteiger charge is 2.21. The van der Waals surface area contributed by atoms with Crippen LogP contribution in [0.4, 0.5) is 4.39 Å². The summed E-state index contributed by atoms with van der Waals surface area (Å²) in [5.74, 6) is 0.699. The number of fused-ring (bicyclic) bond motifs is 1. The van der Waals surface area contributed by atoms with Crippen molar-refractivity contribution >= 4 is 11.0 Å². The molecule has 0 radical (unpaired) electrons. The van der Waals surface area contributed by atoms with Crippen LogP contribution in [0.5, 0.6) is 0 Å². The molecular weight excluding hydrogens is 351 g/mol. The van der Waals surface area contributed by atoms with Crippen LogP contribution in [0.2, 0.25) is 0 Å². The maximum Gasteiger partial charge on any atom is 0.201 e. The Morgan fingerprint density at radius 3 is 2.29 bits per heavy atom. The van der Waals surface area contributed by atoms with Gasteiger partial charge in [-0.3, -0.25) is 4.79 Å². The second kappa shape index (κ2) is 6.75. The van der Waals surface area contributed by atoms with Crippen molar-refractivity contribution in [3.05, 3.63) is 94.4 Å². The molecule has 4 aromatic rings. The van der Waals surface area contributed by atoms with E-state index in [0.29, 0.717) is 22.8 Å². The van der Waals surface area contributed by atoms with E-state index in [2.05, 4.69) is 12.1 Å². The van der Waals surface area contributed by atoms with Crippen molar-refractivity contribution < 1.29 is 8.81 Å². The zero-order valence-electron chi connectivity index (χ0n) is 15.3. The SMILES string of the molecule is O=c1c(-c2ccc(C3CCC3)cc2)c(-c2ccccc2)oc2ccc(F)cc12. The molecule has 0 atom stereocenters. The Hall–Kier alpha value is -3.20. The van der Waals surface area contributed by atoms with Crippen LogP contribution in [0.25, 0.3) is 33.4 Å². The molecule has 1 aromatic heterocycles. The number of hydrogen-bond donors (Lipinski definition) is 0. The van der Waals surface area contributed by atoms with Gasteiger partial charge in [-0.2, -0.15) is 0 Å². The van der Waals surface area contributed by atoms with Crippen molar-refractivity contribution in [2.75, 3.05) is 0 Å². The monoisotopic (exact) mass is 370 g/mol. The number of halogens is 1. The highest BCUT2D eigenvalue weighted by atomic mass is 19.1. The summed E-state index contributed by atoms with van der Waals surface area (Å²) in [7, 11) is 0. The molecule has 0 N–H and O–H groups in total. The van der Waals surface area contributed by atoms with E-state index in [9.17, 15) is 9.18 Å². The summed E-state index contributed by atoms with van der Waals surface area (Å²) in [6.45, 7) is 0. The van der Waals surface area contributed by atoms with Gasteiger partial charge in [-0.15, -0.1) is 0 Å². The third-order valence-corrected chi connectivity index (χ3v) is 5.66. The molecule has 1 fully saturated rings. The summed E-state index contributed by atoms with van der Waals surface area (Å²) in [5.41, 5.74) is 3.58. The zero-order chi connectivity index (χ0) is 19.1.